The molecule has 0 atom stereocenters. The second-order valence-corrected chi connectivity index (χ2v) is 8.76. The summed E-state index contributed by atoms with van der Waals surface area (Å²) in [7, 11) is 0. The molecule has 0 amide bonds. The molecule has 4 nitrogen and oxygen atoms in total. The van der Waals surface area contributed by atoms with Gasteiger partial charge in [0, 0.05) is 44.7 Å². The van der Waals surface area contributed by atoms with E-state index in [-0.39, 0.29) is 0 Å². The van der Waals surface area contributed by atoms with Crippen molar-refractivity contribution in [2.24, 2.45) is 0 Å². The van der Waals surface area contributed by atoms with Crippen LogP contribution in [0.4, 0.5) is 0 Å². The van der Waals surface area contributed by atoms with Gasteiger partial charge in [-0.15, -0.1) is 0 Å². The van der Waals surface area contributed by atoms with E-state index in [0.717, 1.165) is 56.6 Å². The van der Waals surface area contributed by atoms with Gasteiger partial charge in [-0.2, -0.15) is 0 Å². The molecule has 0 spiro atoms. The first kappa shape index (κ1) is 18.4. The lowest BCUT2D eigenvalue weighted by Crippen LogP contribution is -2.42. The molecule has 0 radical (unpaired) electrons. The van der Waals surface area contributed by atoms with Crippen LogP contribution in [0.25, 0.3) is 11.0 Å². The number of hydrogen-bond acceptors (Lipinski definition) is 3. The van der Waals surface area contributed by atoms with E-state index in [1.807, 2.05) is 12.1 Å². The van der Waals surface area contributed by atoms with Crippen molar-refractivity contribution >= 4 is 34.2 Å². The van der Waals surface area contributed by atoms with Gasteiger partial charge in [0.05, 0.1) is 21.1 Å². The fourth-order valence-corrected chi connectivity index (χ4v) is 4.75. The van der Waals surface area contributed by atoms with Crippen molar-refractivity contribution in [3.63, 3.8) is 0 Å². The predicted molar refractivity (Wildman–Crippen MR) is 115 cm³/mol. The van der Waals surface area contributed by atoms with Crippen LogP contribution in [-0.2, 0) is 6.54 Å². The molecule has 1 aromatic heterocycles. The summed E-state index contributed by atoms with van der Waals surface area (Å²) < 4.78 is 2.46. The Hall–Kier alpha value is -1.59. The summed E-state index contributed by atoms with van der Waals surface area (Å²) >= 11 is 12.6. The Morgan fingerprint density at radius 2 is 1.71 bits per heavy atom. The molecule has 146 valence electrons. The monoisotopic (exact) mass is 414 g/mol. The number of fused-ring (bicyclic) bond motifs is 1. The number of likely N-dealkylation sites (tertiary alicyclic amines) is 1. The Labute approximate surface area is 175 Å². The highest BCUT2D eigenvalue weighted by Crippen LogP contribution is 2.36. The van der Waals surface area contributed by atoms with Crippen LogP contribution in [0.1, 0.15) is 36.2 Å². The van der Waals surface area contributed by atoms with Crippen LogP contribution < -0.4 is 5.32 Å². The molecular formula is C22H24Cl2N4. The molecule has 1 N–H and O–H groups in total. The lowest BCUT2D eigenvalue weighted by atomic mass is 9.99. The van der Waals surface area contributed by atoms with Gasteiger partial charge in [0.25, 0.3) is 0 Å². The number of nitrogens with zero attached hydrogens (tertiary/aromatic N) is 3. The Bertz CT molecular complexity index is 973. The van der Waals surface area contributed by atoms with Gasteiger partial charge in [-0.05, 0) is 30.5 Å². The van der Waals surface area contributed by atoms with E-state index in [1.54, 1.807) is 0 Å². The highest BCUT2D eigenvalue weighted by Gasteiger charge is 2.30. The third-order valence-electron chi connectivity index (χ3n) is 6.08. The second kappa shape index (κ2) is 7.68. The van der Waals surface area contributed by atoms with Gasteiger partial charge in [-0.25, -0.2) is 4.98 Å². The van der Waals surface area contributed by atoms with E-state index in [2.05, 4.69) is 45.1 Å². The number of hydrogen-bond donors (Lipinski definition) is 1. The van der Waals surface area contributed by atoms with E-state index in [1.165, 1.54) is 11.4 Å². The largest absolute Gasteiger partial charge is 0.324 e. The van der Waals surface area contributed by atoms with Gasteiger partial charge in [-0.3, -0.25) is 4.90 Å². The number of benzene rings is 2. The maximum Gasteiger partial charge on any atom is 0.115 e. The van der Waals surface area contributed by atoms with Crippen LogP contribution in [0.2, 0.25) is 10.0 Å². The molecule has 28 heavy (non-hydrogen) atoms. The van der Waals surface area contributed by atoms with Gasteiger partial charge >= 0.3 is 0 Å². The van der Waals surface area contributed by atoms with Crippen molar-refractivity contribution < 1.29 is 0 Å². The third-order valence-corrected chi connectivity index (χ3v) is 6.80. The molecule has 0 unspecified atom stereocenters. The van der Waals surface area contributed by atoms with E-state index in [9.17, 15) is 0 Å². The fraction of sp³-hybridized carbons (Fsp3) is 0.409. The van der Waals surface area contributed by atoms with Gasteiger partial charge < -0.3 is 9.88 Å². The number of halogens is 2. The Morgan fingerprint density at radius 1 is 1.00 bits per heavy atom. The lowest BCUT2D eigenvalue weighted by molar-refractivity contribution is 0.178. The Balaban J connectivity index is 1.40. The molecule has 2 fully saturated rings. The van der Waals surface area contributed by atoms with Gasteiger partial charge in [-0.1, -0.05) is 53.5 Å². The summed E-state index contributed by atoms with van der Waals surface area (Å²) in [5, 5.41) is 4.56. The molecule has 0 aliphatic carbocycles. The van der Waals surface area contributed by atoms with Crippen molar-refractivity contribution in [3.8, 4) is 0 Å². The second-order valence-electron chi connectivity index (χ2n) is 7.94. The van der Waals surface area contributed by atoms with E-state index >= 15 is 0 Å². The first-order valence-electron chi connectivity index (χ1n) is 10.0. The van der Waals surface area contributed by atoms with Crippen molar-refractivity contribution in [2.75, 3.05) is 26.2 Å². The molecule has 2 aliphatic rings. The minimum atomic E-state index is 0.463. The molecule has 0 bridgehead atoms. The van der Waals surface area contributed by atoms with Crippen LogP contribution in [0.5, 0.6) is 0 Å². The Kier molecular flexibility index (Phi) is 5.06. The summed E-state index contributed by atoms with van der Waals surface area (Å²) in [5.74, 6) is 1.67. The molecule has 3 heterocycles. The minimum absolute atomic E-state index is 0.463. The van der Waals surface area contributed by atoms with Crippen LogP contribution in [0.15, 0.2) is 42.5 Å². The number of rotatable bonds is 4. The zero-order valence-electron chi connectivity index (χ0n) is 15.7. The zero-order valence-corrected chi connectivity index (χ0v) is 17.3. The maximum atomic E-state index is 6.36. The van der Waals surface area contributed by atoms with Crippen molar-refractivity contribution in [2.45, 2.75) is 31.3 Å². The summed E-state index contributed by atoms with van der Waals surface area (Å²) in [4.78, 5) is 7.52. The number of aromatic nitrogens is 2. The van der Waals surface area contributed by atoms with Gasteiger partial charge in [0.2, 0.25) is 0 Å². The predicted octanol–water partition coefficient (Wildman–Crippen LogP) is 4.87. The normalized spacial score (nSPS) is 19.2. The number of nitrogens with one attached hydrogen (secondary N) is 1. The molecule has 2 saturated heterocycles. The number of piperidine rings is 1. The summed E-state index contributed by atoms with van der Waals surface area (Å²) in [6, 6.07) is 15.1. The Morgan fingerprint density at radius 3 is 2.39 bits per heavy atom. The van der Waals surface area contributed by atoms with Crippen molar-refractivity contribution in [1.29, 1.82) is 0 Å². The molecule has 6 heteroatoms. The highest BCUT2D eigenvalue weighted by atomic mass is 35.5. The van der Waals surface area contributed by atoms with Crippen molar-refractivity contribution in [1.82, 2.24) is 19.8 Å². The van der Waals surface area contributed by atoms with E-state index in [0.29, 0.717) is 22.0 Å². The molecule has 2 aliphatic heterocycles. The fourth-order valence-electron chi connectivity index (χ4n) is 4.43. The van der Waals surface area contributed by atoms with Crippen LogP contribution in [0.3, 0.4) is 0 Å². The average Bonchev–Trinajstić information content (AvgIpc) is 3.00. The quantitative estimate of drug-likeness (QED) is 0.660. The topological polar surface area (TPSA) is 33.1 Å². The first-order valence-corrected chi connectivity index (χ1v) is 10.8. The van der Waals surface area contributed by atoms with Crippen LogP contribution in [-0.4, -0.2) is 40.6 Å². The van der Waals surface area contributed by atoms with Crippen LogP contribution in [0, 0.1) is 0 Å². The third kappa shape index (κ3) is 3.43. The molecule has 2 aromatic carbocycles. The summed E-state index contributed by atoms with van der Waals surface area (Å²) in [6.07, 6.45) is 2.26. The highest BCUT2D eigenvalue weighted by molar-refractivity contribution is 6.42. The minimum Gasteiger partial charge on any atom is -0.324 e. The molecule has 0 saturated carbocycles. The summed E-state index contributed by atoms with van der Waals surface area (Å²) in [5.41, 5.74) is 3.47. The first-order chi connectivity index (χ1) is 13.7. The summed E-state index contributed by atoms with van der Waals surface area (Å²) in [6.45, 7) is 5.22. The van der Waals surface area contributed by atoms with Gasteiger partial charge in [0.1, 0.15) is 5.82 Å². The average molecular weight is 415 g/mol. The molecular weight excluding hydrogens is 391 g/mol. The van der Waals surface area contributed by atoms with E-state index < -0.39 is 0 Å². The smallest absolute Gasteiger partial charge is 0.115 e. The number of imidazole rings is 1. The zero-order chi connectivity index (χ0) is 19.1. The SMILES string of the molecule is Clc1cc2nc(C3CNC3)n(C3CCN(Cc4ccccc4)CC3)c2cc1Cl. The molecule has 5 rings (SSSR count). The van der Waals surface area contributed by atoms with E-state index in [4.69, 9.17) is 28.2 Å². The lowest BCUT2D eigenvalue weighted by Gasteiger charge is -2.35. The standard InChI is InChI=1S/C22H24Cl2N4/c23-18-10-20-21(11-19(18)24)28(22(26-20)16-12-25-13-16)17-6-8-27(9-7-17)14-15-4-2-1-3-5-15/h1-5,10-11,16-17,25H,6-9,12-14H2. The maximum absolute atomic E-state index is 6.36. The van der Waals surface area contributed by atoms with Crippen molar-refractivity contribution in [3.05, 3.63) is 63.9 Å². The van der Waals surface area contributed by atoms with Crippen LogP contribution >= 0.6 is 23.2 Å². The molecule has 3 aromatic rings. The van der Waals surface area contributed by atoms with Gasteiger partial charge in [0.15, 0.2) is 0 Å².